The van der Waals surface area contributed by atoms with E-state index in [2.05, 4.69) is 10.4 Å². The molecule has 2 aromatic heterocycles. The molecule has 2 rings (SSSR count). The first-order valence-corrected chi connectivity index (χ1v) is 4.66. The van der Waals surface area contributed by atoms with Crippen LogP contribution in [-0.4, -0.2) is 27.3 Å². The van der Waals surface area contributed by atoms with Crippen LogP contribution >= 0.6 is 0 Å². The quantitative estimate of drug-likeness (QED) is 0.787. The Morgan fingerprint density at radius 2 is 2.20 bits per heavy atom. The normalized spacial score (nSPS) is 10.2. The molecule has 0 aliphatic carbocycles. The second-order valence-electron chi connectivity index (χ2n) is 3.16. The van der Waals surface area contributed by atoms with E-state index in [1.807, 2.05) is 35.3 Å². The van der Waals surface area contributed by atoms with E-state index in [0.717, 1.165) is 5.69 Å². The number of nitrogens with zero attached hydrogens (tertiary/aromatic N) is 3. The molecule has 0 aromatic carbocycles. The lowest BCUT2D eigenvalue weighted by Crippen LogP contribution is -2.23. The summed E-state index contributed by atoms with van der Waals surface area (Å²) in [5.74, 6) is -0.0582. The summed E-state index contributed by atoms with van der Waals surface area (Å²) in [5, 5.41) is 6.65. The molecule has 5 nitrogen and oxygen atoms in total. The highest BCUT2D eigenvalue weighted by Crippen LogP contribution is 2.05. The third-order valence-corrected chi connectivity index (χ3v) is 2.11. The molecule has 0 radical (unpaired) electrons. The predicted molar refractivity (Wildman–Crippen MR) is 55.6 cm³/mol. The average Bonchev–Trinajstić information content (AvgIpc) is 2.85. The molecule has 0 fully saturated rings. The number of amides is 1. The second kappa shape index (κ2) is 4.00. The van der Waals surface area contributed by atoms with Crippen LogP contribution < -0.4 is 5.32 Å². The zero-order chi connectivity index (χ0) is 10.7. The molecule has 1 amide bonds. The molecule has 15 heavy (non-hydrogen) atoms. The highest BCUT2D eigenvalue weighted by Gasteiger charge is 2.03. The maximum Gasteiger partial charge on any atom is 0.241 e. The van der Waals surface area contributed by atoms with Gasteiger partial charge in [0.25, 0.3) is 0 Å². The molecule has 2 heterocycles. The summed E-state index contributed by atoms with van der Waals surface area (Å²) < 4.78 is 3.54. The minimum Gasteiger partial charge on any atom is -0.358 e. The SMILES string of the molecule is CNC(=O)Cn1cc(-n2cccc2)cn1. The Hall–Kier alpha value is -2.04. The highest BCUT2D eigenvalue weighted by molar-refractivity contribution is 5.75. The zero-order valence-corrected chi connectivity index (χ0v) is 8.42. The Balaban J connectivity index is 2.14. The van der Waals surface area contributed by atoms with Gasteiger partial charge in [-0.05, 0) is 12.1 Å². The average molecular weight is 204 g/mol. The summed E-state index contributed by atoms with van der Waals surface area (Å²) in [6.07, 6.45) is 7.42. The van der Waals surface area contributed by atoms with Crippen LogP contribution in [0.4, 0.5) is 0 Å². The zero-order valence-electron chi connectivity index (χ0n) is 8.42. The molecular formula is C10H12N4O. The number of carbonyl (C=O) groups is 1. The van der Waals surface area contributed by atoms with Crippen LogP contribution in [0.15, 0.2) is 36.9 Å². The first-order valence-electron chi connectivity index (χ1n) is 4.66. The molecule has 78 valence electrons. The Bertz CT molecular complexity index is 444. The van der Waals surface area contributed by atoms with Gasteiger partial charge >= 0.3 is 0 Å². The fourth-order valence-corrected chi connectivity index (χ4v) is 1.31. The molecule has 0 saturated carbocycles. The molecule has 0 bridgehead atoms. The fourth-order valence-electron chi connectivity index (χ4n) is 1.31. The van der Waals surface area contributed by atoms with E-state index in [4.69, 9.17) is 0 Å². The van der Waals surface area contributed by atoms with Crippen molar-refractivity contribution in [1.82, 2.24) is 19.7 Å². The molecule has 0 spiro atoms. The maximum absolute atomic E-state index is 11.1. The summed E-state index contributed by atoms with van der Waals surface area (Å²) in [6.45, 7) is 0.248. The van der Waals surface area contributed by atoms with Crippen molar-refractivity contribution in [1.29, 1.82) is 0 Å². The van der Waals surface area contributed by atoms with E-state index in [1.54, 1.807) is 17.9 Å². The minimum absolute atomic E-state index is 0.0582. The van der Waals surface area contributed by atoms with Gasteiger partial charge in [0.2, 0.25) is 5.91 Å². The Kier molecular flexibility index (Phi) is 2.53. The van der Waals surface area contributed by atoms with Crippen LogP contribution in [0.5, 0.6) is 0 Å². The largest absolute Gasteiger partial charge is 0.358 e. The van der Waals surface area contributed by atoms with E-state index in [1.165, 1.54) is 0 Å². The van der Waals surface area contributed by atoms with Gasteiger partial charge in [-0.25, -0.2) is 0 Å². The lowest BCUT2D eigenvalue weighted by Gasteiger charge is -1.99. The van der Waals surface area contributed by atoms with E-state index >= 15 is 0 Å². The number of rotatable bonds is 3. The van der Waals surface area contributed by atoms with Crippen LogP contribution in [0.2, 0.25) is 0 Å². The minimum atomic E-state index is -0.0582. The number of likely N-dealkylation sites (N-methyl/N-ethyl adjacent to an activating group) is 1. The number of hydrogen-bond donors (Lipinski definition) is 1. The van der Waals surface area contributed by atoms with Gasteiger partial charge in [0.1, 0.15) is 6.54 Å². The molecule has 0 aliphatic heterocycles. The van der Waals surface area contributed by atoms with Gasteiger partial charge in [-0.3, -0.25) is 9.48 Å². The van der Waals surface area contributed by atoms with Gasteiger partial charge < -0.3 is 9.88 Å². The standard InChI is InChI=1S/C10H12N4O/c1-11-10(15)8-14-7-9(6-12-14)13-4-2-3-5-13/h2-7H,8H2,1H3,(H,11,15). The van der Waals surface area contributed by atoms with Gasteiger partial charge in [-0.15, -0.1) is 0 Å². The van der Waals surface area contributed by atoms with Gasteiger partial charge in [0, 0.05) is 25.6 Å². The molecule has 0 unspecified atom stereocenters. The third kappa shape index (κ3) is 2.07. The molecule has 0 atom stereocenters. The number of aromatic nitrogens is 3. The van der Waals surface area contributed by atoms with E-state index < -0.39 is 0 Å². The van der Waals surface area contributed by atoms with Crippen molar-refractivity contribution in [3.8, 4) is 5.69 Å². The molecule has 0 saturated heterocycles. The van der Waals surface area contributed by atoms with E-state index in [-0.39, 0.29) is 12.5 Å². The summed E-state index contributed by atoms with van der Waals surface area (Å²) in [4.78, 5) is 11.1. The van der Waals surface area contributed by atoms with Crippen molar-refractivity contribution in [2.75, 3.05) is 7.05 Å². The van der Waals surface area contributed by atoms with E-state index in [0.29, 0.717) is 0 Å². The topological polar surface area (TPSA) is 51.9 Å². The first kappa shape index (κ1) is 9.51. The van der Waals surface area contributed by atoms with Crippen LogP contribution in [0, 0.1) is 0 Å². The van der Waals surface area contributed by atoms with Crippen molar-refractivity contribution < 1.29 is 4.79 Å². The van der Waals surface area contributed by atoms with Gasteiger partial charge in [0.15, 0.2) is 0 Å². The molecule has 1 N–H and O–H groups in total. The Morgan fingerprint density at radius 3 is 2.87 bits per heavy atom. The maximum atomic E-state index is 11.1. The van der Waals surface area contributed by atoms with Crippen LogP contribution in [0.25, 0.3) is 5.69 Å². The van der Waals surface area contributed by atoms with Gasteiger partial charge in [-0.2, -0.15) is 5.10 Å². The number of nitrogens with one attached hydrogen (secondary N) is 1. The summed E-state index contributed by atoms with van der Waals surface area (Å²) >= 11 is 0. The summed E-state index contributed by atoms with van der Waals surface area (Å²) in [7, 11) is 1.61. The fraction of sp³-hybridized carbons (Fsp3) is 0.200. The first-order chi connectivity index (χ1) is 7.29. The number of hydrogen-bond acceptors (Lipinski definition) is 2. The summed E-state index contributed by atoms with van der Waals surface area (Å²) in [6, 6.07) is 3.88. The predicted octanol–water partition coefficient (Wildman–Crippen LogP) is 0.420. The molecule has 0 aliphatic rings. The molecule has 2 aromatic rings. The van der Waals surface area contributed by atoms with Crippen molar-refractivity contribution in [3.63, 3.8) is 0 Å². The Morgan fingerprint density at radius 1 is 1.47 bits per heavy atom. The molecule has 5 heteroatoms. The third-order valence-electron chi connectivity index (χ3n) is 2.11. The van der Waals surface area contributed by atoms with Gasteiger partial charge in [0.05, 0.1) is 11.9 Å². The van der Waals surface area contributed by atoms with Gasteiger partial charge in [-0.1, -0.05) is 0 Å². The van der Waals surface area contributed by atoms with Crippen LogP contribution in [-0.2, 0) is 11.3 Å². The van der Waals surface area contributed by atoms with Crippen molar-refractivity contribution in [3.05, 3.63) is 36.9 Å². The lowest BCUT2D eigenvalue weighted by atomic mass is 10.5. The number of carbonyl (C=O) groups excluding carboxylic acids is 1. The monoisotopic (exact) mass is 204 g/mol. The second-order valence-corrected chi connectivity index (χ2v) is 3.16. The Labute approximate surface area is 87.3 Å². The van der Waals surface area contributed by atoms with Crippen molar-refractivity contribution in [2.24, 2.45) is 0 Å². The van der Waals surface area contributed by atoms with Crippen LogP contribution in [0.3, 0.4) is 0 Å². The van der Waals surface area contributed by atoms with Crippen molar-refractivity contribution >= 4 is 5.91 Å². The van der Waals surface area contributed by atoms with Crippen LogP contribution in [0.1, 0.15) is 0 Å². The van der Waals surface area contributed by atoms with E-state index in [9.17, 15) is 4.79 Å². The lowest BCUT2D eigenvalue weighted by molar-refractivity contribution is -0.121. The molecular weight excluding hydrogens is 192 g/mol. The van der Waals surface area contributed by atoms with Crippen molar-refractivity contribution in [2.45, 2.75) is 6.54 Å². The highest BCUT2D eigenvalue weighted by atomic mass is 16.1. The smallest absolute Gasteiger partial charge is 0.241 e. The summed E-state index contributed by atoms with van der Waals surface area (Å²) in [5.41, 5.74) is 0.948.